The Morgan fingerprint density at radius 2 is 1.66 bits per heavy atom. The molecule has 14 heteroatoms. The fourth-order valence-electron chi connectivity index (χ4n) is 3.86. The first-order valence-corrected chi connectivity index (χ1v) is 13.4. The van der Waals surface area contributed by atoms with Gasteiger partial charge in [-0.15, -0.1) is 0 Å². The number of nitrogens with zero attached hydrogens (tertiary/aromatic N) is 2. The number of ether oxygens (including phenoxy) is 1. The number of benzene rings is 3. The molecule has 1 aliphatic rings. The molecule has 3 aromatic carbocycles. The summed E-state index contributed by atoms with van der Waals surface area (Å²) in [5.41, 5.74) is 3.51. The molecular formula is C27H24F3N4O6S+. The van der Waals surface area contributed by atoms with Crippen molar-refractivity contribution in [3.63, 3.8) is 0 Å². The Labute approximate surface area is 232 Å². The highest BCUT2D eigenvalue weighted by Gasteiger charge is 2.38. The largest absolute Gasteiger partial charge is 0.490 e. The lowest BCUT2D eigenvalue weighted by Gasteiger charge is -2.07. The topological polar surface area (TPSA) is 148 Å². The third-order valence-corrected chi connectivity index (χ3v) is 7.26. The Morgan fingerprint density at radius 3 is 2.24 bits per heavy atom. The van der Waals surface area contributed by atoms with Crippen LogP contribution in [-0.4, -0.2) is 36.7 Å². The van der Waals surface area contributed by atoms with Crippen LogP contribution in [0.3, 0.4) is 0 Å². The average molecular weight is 590 g/mol. The third-order valence-electron chi connectivity index (χ3n) is 5.64. The normalized spacial score (nSPS) is 12.6. The molecule has 4 aromatic rings. The number of nitrogens with two attached hydrogens (primary N) is 1. The van der Waals surface area contributed by atoms with Gasteiger partial charge in [-0.3, -0.25) is 10.0 Å². The first-order chi connectivity index (χ1) is 19.3. The molecule has 0 radical (unpaired) electrons. The molecule has 214 valence electrons. The molecule has 1 aromatic heterocycles. The summed E-state index contributed by atoms with van der Waals surface area (Å²) in [5.74, 6) is -0.0456. The van der Waals surface area contributed by atoms with Gasteiger partial charge in [0.25, 0.3) is 10.0 Å². The van der Waals surface area contributed by atoms with Gasteiger partial charge in [0.15, 0.2) is 16.3 Å². The van der Waals surface area contributed by atoms with Gasteiger partial charge in [0.05, 0.1) is 12.1 Å². The van der Waals surface area contributed by atoms with Crippen molar-refractivity contribution in [3.05, 3.63) is 89.8 Å². The second-order valence-corrected chi connectivity index (χ2v) is 10.4. The number of rotatable bonds is 7. The SMILES string of the molecule is Cc1noc(C)c1S(=O)(=O)Nc1ccc2c(c1)N=C(Cc1ccc(Oc3ccccc3)cc1)[NH2+]2.O=C(O)C(F)(F)F. The fraction of sp³-hybridized carbons (Fsp3) is 0.148. The molecule has 5 rings (SSSR count). The van der Waals surface area contributed by atoms with Crippen molar-refractivity contribution < 1.29 is 46.1 Å². The van der Waals surface area contributed by atoms with Crippen molar-refractivity contribution in [2.75, 3.05) is 4.72 Å². The first kappa shape index (κ1) is 29.3. The summed E-state index contributed by atoms with van der Waals surface area (Å²) in [6.07, 6.45) is -4.43. The van der Waals surface area contributed by atoms with Crippen molar-refractivity contribution in [2.24, 2.45) is 4.99 Å². The number of alkyl halides is 3. The summed E-state index contributed by atoms with van der Waals surface area (Å²) in [5, 5.41) is 12.9. The van der Waals surface area contributed by atoms with Crippen molar-refractivity contribution in [2.45, 2.75) is 31.3 Å². The number of halogens is 3. The van der Waals surface area contributed by atoms with Gasteiger partial charge in [-0.05, 0) is 55.8 Å². The number of quaternary nitrogens is 1. The van der Waals surface area contributed by atoms with Crippen LogP contribution in [0.25, 0.3) is 0 Å². The number of nitrogens with one attached hydrogen (secondary N) is 1. The molecule has 0 saturated heterocycles. The molecule has 0 fully saturated rings. The maximum atomic E-state index is 12.8. The number of anilines is 1. The van der Waals surface area contributed by atoms with E-state index in [1.165, 1.54) is 0 Å². The number of aryl methyl sites for hydroxylation is 2. The number of sulfonamides is 1. The Hall–Kier alpha value is -4.69. The van der Waals surface area contributed by atoms with E-state index in [4.69, 9.17) is 19.2 Å². The number of aliphatic carboxylic acids is 1. The number of aromatic nitrogens is 1. The summed E-state index contributed by atoms with van der Waals surface area (Å²) in [6.45, 7) is 3.17. The van der Waals surface area contributed by atoms with Crippen LogP contribution in [0, 0.1) is 13.8 Å². The number of para-hydroxylation sites is 1. The number of carboxylic acids is 1. The van der Waals surface area contributed by atoms with E-state index in [2.05, 4.69) is 14.9 Å². The van der Waals surface area contributed by atoms with Crippen LogP contribution in [-0.2, 0) is 21.2 Å². The zero-order valence-corrected chi connectivity index (χ0v) is 22.5. The van der Waals surface area contributed by atoms with Gasteiger partial charge in [0, 0.05) is 6.07 Å². The minimum absolute atomic E-state index is 0.0587. The minimum atomic E-state index is -5.08. The highest BCUT2D eigenvalue weighted by molar-refractivity contribution is 7.92. The van der Waals surface area contributed by atoms with Crippen molar-refractivity contribution in [3.8, 4) is 11.5 Å². The van der Waals surface area contributed by atoms with Crippen molar-refractivity contribution >= 4 is 38.9 Å². The summed E-state index contributed by atoms with van der Waals surface area (Å²) < 4.78 is 70.8. The highest BCUT2D eigenvalue weighted by Crippen LogP contribution is 2.30. The van der Waals surface area contributed by atoms with E-state index in [9.17, 15) is 21.6 Å². The minimum Gasteiger partial charge on any atom is -0.475 e. The van der Waals surface area contributed by atoms with Crippen LogP contribution in [0.5, 0.6) is 11.5 Å². The molecular weight excluding hydrogens is 565 g/mol. The Kier molecular flexibility index (Phi) is 8.44. The monoisotopic (exact) mass is 589 g/mol. The molecule has 2 heterocycles. The summed E-state index contributed by atoms with van der Waals surface area (Å²) in [4.78, 5) is 13.6. The van der Waals surface area contributed by atoms with E-state index in [1.54, 1.807) is 26.0 Å². The van der Waals surface area contributed by atoms with Crippen LogP contribution in [0.1, 0.15) is 17.0 Å². The number of aliphatic imine (C=N–C) groups is 1. The van der Waals surface area contributed by atoms with E-state index in [1.807, 2.05) is 66.0 Å². The van der Waals surface area contributed by atoms with Gasteiger partial charge in [-0.25, -0.2) is 13.2 Å². The first-order valence-electron chi connectivity index (χ1n) is 12.0. The Morgan fingerprint density at radius 1 is 1.02 bits per heavy atom. The number of carbonyl (C=O) groups is 1. The number of hydrogen-bond acceptors (Lipinski definition) is 7. The van der Waals surface area contributed by atoms with Gasteiger partial charge in [0.1, 0.15) is 22.9 Å². The molecule has 4 N–H and O–H groups in total. The zero-order chi connectivity index (χ0) is 29.8. The maximum absolute atomic E-state index is 12.8. The molecule has 1 aliphatic heterocycles. The lowest BCUT2D eigenvalue weighted by atomic mass is 10.1. The predicted octanol–water partition coefficient (Wildman–Crippen LogP) is 5.00. The van der Waals surface area contributed by atoms with Gasteiger partial charge >= 0.3 is 12.1 Å². The van der Waals surface area contributed by atoms with Crippen LogP contribution >= 0.6 is 0 Å². The second-order valence-electron chi connectivity index (χ2n) is 8.82. The quantitative estimate of drug-likeness (QED) is 0.257. The second kappa shape index (κ2) is 11.8. The molecule has 10 nitrogen and oxygen atoms in total. The summed E-state index contributed by atoms with van der Waals surface area (Å²) in [7, 11) is -3.81. The predicted molar refractivity (Wildman–Crippen MR) is 142 cm³/mol. The third kappa shape index (κ3) is 7.49. The number of fused-ring (bicyclic) bond motifs is 1. The molecule has 0 amide bonds. The lowest BCUT2D eigenvalue weighted by molar-refractivity contribution is -0.440. The van der Waals surface area contributed by atoms with Gasteiger partial charge in [0.2, 0.25) is 5.84 Å². The highest BCUT2D eigenvalue weighted by atomic mass is 32.2. The molecule has 0 atom stereocenters. The van der Waals surface area contributed by atoms with Crippen molar-refractivity contribution in [1.29, 1.82) is 0 Å². The van der Waals surface area contributed by atoms with Gasteiger partial charge in [-0.2, -0.15) is 18.2 Å². The average Bonchev–Trinajstić information content (AvgIpc) is 3.46. The molecule has 0 spiro atoms. The lowest BCUT2D eigenvalue weighted by Crippen LogP contribution is -2.81. The van der Waals surface area contributed by atoms with E-state index in [0.717, 1.165) is 34.3 Å². The van der Waals surface area contributed by atoms with Crippen LogP contribution < -0.4 is 14.8 Å². The molecule has 0 bridgehead atoms. The van der Waals surface area contributed by atoms with E-state index in [-0.39, 0.29) is 10.7 Å². The molecule has 41 heavy (non-hydrogen) atoms. The fourth-order valence-corrected chi connectivity index (χ4v) is 5.24. The van der Waals surface area contributed by atoms with Crippen LogP contribution in [0.4, 0.5) is 30.2 Å². The number of carboxylic acid groups (broad SMARTS) is 1. The van der Waals surface area contributed by atoms with E-state index >= 15 is 0 Å². The zero-order valence-electron chi connectivity index (χ0n) is 21.6. The van der Waals surface area contributed by atoms with E-state index in [0.29, 0.717) is 17.8 Å². The number of hydrogen-bond donors (Lipinski definition) is 3. The summed E-state index contributed by atoms with van der Waals surface area (Å²) >= 11 is 0. The smallest absolute Gasteiger partial charge is 0.475 e. The maximum Gasteiger partial charge on any atom is 0.490 e. The van der Waals surface area contributed by atoms with E-state index < -0.39 is 22.2 Å². The molecule has 0 aliphatic carbocycles. The molecule has 0 saturated carbocycles. The molecule has 0 unspecified atom stereocenters. The van der Waals surface area contributed by atoms with Crippen LogP contribution in [0.2, 0.25) is 0 Å². The standard InChI is InChI=1S/C25H22N4O4S.C2HF3O2/c1-16-25(17(2)33-28-16)34(30,31)29-19-10-13-22-23(15-19)27-24(26-22)14-18-8-11-21(12-9-18)32-20-6-4-3-5-7-20;3-2(4,5)1(6)7/h3-13,15,29H,14H2,1-2H3,(H,26,27);(H,6,7)/p+1. The Bertz CT molecular complexity index is 1670. The summed E-state index contributed by atoms with van der Waals surface area (Å²) in [6, 6.07) is 22.8. The van der Waals surface area contributed by atoms with Gasteiger partial charge in [-0.1, -0.05) is 35.5 Å². The van der Waals surface area contributed by atoms with Crippen LogP contribution in [0.15, 0.2) is 87.2 Å². The number of amidine groups is 1. The van der Waals surface area contributed by atoms with Gasteiger partial charge < -0.3 is 14.4 Å². The van der Waals surface area contributed by atoms with Crippen molar-refractivity contribution in [1.82, 2.24) is 5.16 Å². The Balaban J connectivity index is 0.000000493.